The van der Waals surface area contributed by atoms with E-state index < -0.39 is 0 Å². The van der Waals surface area contributed by atoms with Gasteiger partial charge in [0.25, 0.3) is 0 Å². The molecule has 0 saturated carbocycles. The molecule has 2 aromatic rings. The molecule has 0 bridgehead atoms. The Kier molecular flexibility index (Phi) is 5.75. The van der Waals surface area contributed by atoms with Crippen LogP contribution >= 0.6 is 11.3 Å². The minimum Gasteiger partial charge on any atom is -0.317 e. The number of fused-ring (bicyclic) bond motifs is 1. The molecule has 1 aromatic carbocycles. The van der Waals surface area contributed by atoms with E-state index in [2.05, 4.69) is 48.3 Å². The van der Waals surface area contributed by atoms with Gasteiger partial charge >= 0.3 is 0 Å². The van der Waals surface area contributed by atoms with Gasteiger partial charge in [-0.25, -0.2) is 0 Å². The van der Waals surface area contributed by atoms with Crippen molar-refractivity contribution >= 4 is 22.2 Å². The summed E-state index contributed by atoms with van der Waals surface area (Å²) in [7, 11) is 2.03. The number of amides is 1. The Bertz CT molecular complexity index is 863. The van der Waals surface area contributed by atoms with Gasteiger partial charge in [0.15, 0.2) is 0 Å². The molecule has 1 amide bonds. The number of nitrogens with zero attached hydrogens (tertiary/aromatic N) is 2. The summed E-state index contributed by atoms with van der Waals surface area (Å²) in [5.74, 6) is -0.0195. The number of carbonyl (C=O) groups is 1. The summed E-state index contributed by atoms with van der Waals surface area (Å²) in [4.78, 5) is 15.8. The van der Waals surface area contributed by atoms with Gasteiger partial charge in [-0.3, -0.25) is 4.79 Å². The van der Waals surface area contributed by atoms with Gasteiger partial charge in [0.2, 0.25) is 5.91 Å². The van der Waals surface area contributed by atoms with Gasteiger partial charge < -0.3 is 10.2 Å². The summed E-state index contributed by atoms with van der Waals surface area (Å²) in [6.45, 7) is 5.74. The first-order valence-corrected chi connectivity index (χ1v) is 9.88. The second-order valence-electron chi connectivity index (χ2n) is 7.14. The highest BCUT2D eigenvalue weighted by Gasteiger charge is 2.23. The molecule has 136 valence electrons. The zero-order valence-corrected chi connectivity index (χ0v) is 16.5. The van der Waals surface area contributed by atoms with Gasteiger partial charge in [0.05, 0.1) is 5.56 Å². The summed E-state index contributed by atoms with van der Waals surface area (Å²) in [5, 5.41) is 13.1. The minimum atomic E-state index is -0.0195. The van der Waals surface area contributed by atoms with Gasteiger partial charge in [-0.05, 0) is 56.8 Å². The van der Waals surface area contributed by atoms with Crippen molar-refractivity contribution in [3.8, 4) is 6.07 Å². The van der Waals surface area contributed by atoms with Crippen LogP contribution in [0.15, 0.2) is 18.2 Å². The number of anilines is 1. The van der Waals surface area contributed by atoms with Crippen LogP contribution in [-0.2, 0) is 24.2 Å². The number of hydrogen-bond donors (Lipinski definition) is 1. The molecule has 0 unspecified atom stereocenters. The second-order valence-corrected chi connectivity index (χ2v) is 8.24. The largest absolute Gasteiger partial charge is 0.317 e. The number of benzene rings is 1. The molecule has 0 radical (unpaired) electrons. The summed E-state index contributed by atoms with van der Waals surface area (Å²) < 4.78 is 0. The Labute approximate surface area is 159 Å². The third-order valence-corrected chi connectivity index (χ3v) is 6.15. The predicted molar refractivity (Wildman–Crippen MR) is 107 cm³/mol. The van der Waals surface area contributed by atoms with Gasteiger partial charge in [0, 0.05) is 24.4 Å². The van der Waals surface area contributed by atoms with Crippen molar-refractivity contribution < 1.29 is 4.79 Å². The number of nitrogens with one attached hydrogen (secondary N) is 1. The first kappa shape index (κ1) is 18.6. The van der Waals surface area contributed by atoms with E-state index in [9.17, 15) is 10.1 Å². The van der Waals surface area contributed by atoms with Crippen molar-refractivity contribution in [3.05, 3.63) is 50.9 Å². The lowest BCUT2D eigenvalue weighted by atomic mass is 10.1. The predicted octanol–water partition coefficient (Wildman–Crippen LogP) is 4.19. The maximum Gasteiger partial charge on any atom is 0.226 e. The van der Waals surface area contributed by atoms with E-state index >= 15 is 0 Å². The summed E-state index contributed by atoms with van der Waals surface area (Å²) in [6, 6.07) is 8.75. The van der Waals surface area contributed by atoms with E-state index in [1.54, 1.807) is 11.3 Å². The van der Waals surface area contributed by atoms with E-state index in [4.69, 9.17) is 0 Å². The molecule has 5 heteroatoms. The second kappa shape index (κ2) is 8.03. The summed E-state index contributed by atoms with van der Waals surface area (Å²) in [6.07, 6.45) is 3.54. The maximum atomic E-state index is 12.3. The third kappa shape index (κ3) is 4.14. The summed E-state index contributed by atoms with van der Waals surface area (Å²) >= 11 is 1.57. The van der Waals surface area contributed by atoms with Gasteiger partial charge in [-0.2, -0.15) is 5.26 Å². The molecule has 26 heavy (non-hydrogen) atoms. The molecule has 0 aliphatic heterocycles. The van der Waals surface area contributed by atoms with Crippen LogP contribution in [0.5, 0.6) is 0 Å². The first-order valence-electron chi connectivity index (χ1n) is 9.07. The average Bonchev–Trinajstić information content (AvgIpc) is 3.16. The molecule has 1 N–H and O–H groups in total. The SMILES string of the molecule is Cc1ccc(CN(C)CCC(=O)Nc2sc3c(c2C#N)CCC3)c(C)c1. The lowest BCUT2D eigenvalue weighted by Gasteiger charge is -2.18. The lowest BCUT2D eigenvalue weighted by Crippen LogP contribution is -2.24. The van der Waals surface area contributed by atoms with E-state index in [0.717, 1.165) is 36.4 Å². The molecule has 1 aliphatic carbocycles. The quantitative estimate of drug-likeness (QED) is 0.833. The van der Waals surface area contributed by atoms with Gasteiger partial charge in [-0.1, -0.05) is 23.8 Å². The van der Waals surface area contributed by atoms with Crippen LogP contribution in [0.1, 0.15) is 45.5 Å². The Morgan fingerprint density at radius 1 is 1.35 bits per heavy atom. The fourth-order valence-electron chi connectivity index (χ4n) is 3.49. The van der Waals surface area contributed by atoms with E-state index in [-0.39, 0.29) is 5.91 Å². The fourth-order valence-corrected chi connectivity index (χ4v) is 4.74. The van der Waals surface area contributed by atoms with Crippen molar-refractivity contribution in [3.63, 3.8) is 0 Å². The van der Waals surface area contributed by atoms with Crippen LogP contribution in [0.4, 0.5) is 5.00 Å². The highest BCUT2D eigenvalue weighted by atomic mass is 32.1. The van der Waals surface area contributed by atoms with E-state index in [1.807, 2.05) is 7.05 Å². The zero-order valence-electron chi connectivity index (χ0n) is 15.7. The van der Waals surface area contributed by atoms with Crippen LogP contribution in [0.2, 0.25) is 0 Å². The zero-order chi connectivity index (χ0) is 18.7. The lowest BCUT2D eigenvalue weighted by molar-refractivity contribution is -0.116. The Morgan fingerprint density at radius 3 is 2.88 bits per heavy atom. The standard InChI is InChI=1S/C21H25N3OS/c1-14-7-8-16(15(2)11-14)13-24(3)10-9-20(25)23-21-18(12-22)17-5-4-6-19(17)26-21/h7-8,11H,4-6,9-10,13H2,1-3H3,(H,23,25). The number of rotatable bonds is 6. The molecule has 3 rings (SSSR count). The third-order valence-electron chi connectivity index (χ3n) is 4.95. The number of carbonyl (C=O) groups excluding carboxylic acids is 1. The normalized spacial score (nSPS) is 12.9. The Hall–Kier alpha value is -2.16. The van der Waals surface area contributed by atoms with Crippen LogP contribution < -0.4 is 5.32 Å². The molecule has 0 spiro atoms. The Balaban J connectivity index is 1.54. The van der Waals surface area contributed by atoms with Crippen molar-refractivity contribution in [1.29, 1.82) is 5.26 Å². The number of thiophene rings is 1. The average molecular weight is 368 g/mol. The number of hydrogen-bond acceptors (Lipinski definition) is 4. The van der Waals surface area contributed by atoms with Gasteiger partial charge in [-0.15, -0.1) is 11.3 Å². The van der Waals surface area contributed by atoms with Crippen LogP contribution in [0.3, 0.4) is 0 Å². The smallest absolute Gasteiger partial charge is 0.226 e. The molecule has 4 nitrogen and oxygen atoms in total. The molecular weight excluding hydrogens is 342 g/mol. The number of nitriles is 1. The highest BCUT2D eigenvalue weighted by Crippen LogP contribution is 2.38. The van der Waals surface area contributed by atoms with Crippen molar-refractivity contribution in [2.24, 2.45) is 0 Å². The maximum absolute atomic E-state index is 12.3. The molecule has 0 atom stereocenters. The fraction of sp³-hybridized carbons (Fsp3) is 0.429. The molecule has 1 aliphatic rings. The van der Waals surface area contributed by atoms with Crippen molar-refractivity contribution in [2.45, 2.75) is 46.1 Å². The van der Waals surface area contributed by atoms with Crippen molar-refractivity contribution in [2.75, 3.05) is 18.9 Å². The topological polar surface area (TPSA) is 56.1 Å². The minimum absolute atomic E-state index is 0.0195. The molecular formula is C21H25N3OS. The van der Waals surface area contributed by atoms with Crippen molar-refractivity contribution in [1.82, 2.24) is 4.90 Å². The van der Waals surface area contributed by atoms with E-state index in [0.29, 0.717) is 18.5 Å². The molecule has 0 fully saturated rings. The van der Waals surface area contributed by atoms with Crippen LogP contribution in [0, 0.1) is 25.2 Å². The first-order chi connectivity index (χ1) is 12.5. The van der Waals surface area contributed by atoms with Crippen LogP contribution in [0.25, 0.3) is 0 Å². The van der Waals surface area contributed by atoms with Gasteiger partial charge in [0.1, 0.15) is 11.1 Å². The van der Waals surface area contributed by atoms with E-state index in [1.165, 1.54) is 21.6 Å². The monoisotopic (exact) mass is 367 g/mol. The summed E-state index contributed by atoms with van der Waals surface area (Å²) in [5.41, 5.74) is 5.68. The molecule has 1 heterocycles. The number of aryl methyl sites for hydroxylation is 3. The Morgan fingerprint density at radius 2 is 2.15 bits per heavy atom. The highest BCUT2D eigenvalue weighted by molar-refractivity contribution is 7.16. The van der Waals surface area contributed by atoms with Crippen LogP contribution in [-0.4, -0.2) is 24.4 Å². The molecule has 1 aromatic heterocycles. The molecule has 0 saturated heterocycles.